The molecule has 112 valence electrons. The first-order valence-electron chi connectivity index (χ1n) is 7.17. The number of hydrogen-bond acceptors (Lipinski definition) is 3. The first-order valence-corrected chi connectivity index (χ1v) is 7.17. The van der Waals surface area contributed by atoms with E-state index in [4.69, 9.17) is 9.47 Å². The van der Waals surface area contributed by atoms with Gasteiger partial charge in [0.05, 0.1) is 13.7 Å². The van der Waals surface area contributed by atoms with E-state index in [1.165, 1.54) is 0 Å². The molecule has 2 aromatic carbocycles. The molecule has 0 atom stereocenters. The summed E-state index contributed by atoms with van der Waals surface area (Å²) in [5.41, 5.74) is 3.17. The van der Waals surface area contributed by atoms with Crippen LogP contribution in [0.3, 0.4) is 0 Å². The lowest BCUT2D eigenvalue weighted by Gasteiger charge is -2.12. The molecule has 0 radical (unpaired) electrons. The Labute approximate surface area is 129 Å². The third-order valence-electron chi connectivity index (χ3n) is 3.52. The predicted molar refractivity (Wildman–Crippen MR) is 87.1 cm³/mol. The quantitative estimate of drug-likeness (QED) is 0.877. The minimum absolute atomic E-state index is 0.106. The van der Waals surface area contributed by atoms with Crippen LogP contribution in [-0.2, 0) is 4.79 Å². The van der Waals surface area contributed by atoms with Crippen LogP contribution in [-0.4, -0.2) is 19.6 Å². The monoisotopic (exact) mass is 295 g/mol. The van der Waals surface area contributed by atoms with E-state index < -0.39 is 0 Å². The van der Waals surface area contributed by atoms with Gasteiger partial charge in [0.1, 0.15) is 0 Å². The van der Waals surface area contributed by atoms with Crippen LogP contribution >= 0.6 is 0 Å². The molecule has 1 heterocycles. The maximum absolute atomic E-state index is 12.2. The fourth-order valence-corrected chi connectivity index (χ4v) is 2.57. The zero-order chi connectivity index (χ0) is 15.5. The van der Waals surface area contributed by atoms with Gasteiger partial charge in [-0.3, -0.25) is 4.79 Å². The second kappa shape index (κ2) is 5.93. The Bertz CT molecular complexity index is 750. The number of hydrogen-bond donors (Lipinski definition) is 1. The second-order valence-corrected chi connectivity index (χ2v) is 4.87. The van der Waals surface area contributed by atoms with Crippen LogP contribution < -0.4 is 14.8 Å². The molecule has 22 heavy (non-hydrogen) atoms. The van der Waals surface area contributed by atoms with Gasteiger partial charge >= 0.3 is 0 Å². The van der Waals surface area contributed by atoms with Crippen LogP contribution in [0.1, 0.15) is 18.1 Å². The summed E-state index contributed by atoms with van der Waals surface area (Å²) in [5, 5.41) is 2.87. The highest BCUT2D eigenvalue weighted by Gasteiger charge is 2.24. The summed E-state index contributed by atoms with van der Waals surface area (Å²) in [6.45, 7) is 2.48. The lowest BCUT2D eigenvalue weighted by Crippen LogP contribution is -2.04. The van der Waals surface area contributed by atoms with Gasteiger partial charge in [-0.05, 0) is 25.1 Å². The number of amides is 1. The number of benzene rings is 2. The minimum atomic E-state index is -0.106. The Morgan fingerprint density at radius 3 is 2.73 bits per heavy atom. The van der Waals surface area contributed by atoms with Gasteiger partial charge in [0.2, 0.25) is 0 Å². The predicted octanol–water partition coefficient (Wildman–Crippen LogP) is 3.59. The third kappa shape index (κ3) is 2.44. The number of carbonyl (C=O) groups excluding carboxylic acids is 1. The minimum Gasteiger partial charge on any atom is -0.492 e. The van der Waals surface area contributed by atoms with Crippen molar-refractivity contribution in [1.82, 2.24) is 0 Å². The van der Waals surface area contributed by atoms with Gasteiger partial charge in [-0.15, -0.1) is 0 Å². The molecule has 0 saturated carbocycles. The standard InChI is InChI=1S/C18H17NO3/c1-3-22-16-10-6-7-12(17(16)21-2)11-14-13-8-4-5-9-15(13)19-18(14)20/h4-11H,3H2,1-2H3,(H,19,20)/b14-11-. The SMILES string of the molecule is CCOc1cccc(/C=C2\C(=O)Nc3ccccc32)c1OC. The van der Waals surface area contributed by atoms with Gasteiger partial charge in [-0.2, -0.15) is 0 Å². The summed E-state index contributed by atoms with van der Waals surface area (Å²) < 4.78 is 11.0. The highest BCUT2D eigenvalue weighted by atomic mass is 16.5. The lowest BCUT2D eigenvalue weighted by molar-refractivity contribution is -0.110. The summed E-state index contributed by atoms with van der Waals surface area (Å²) in [7, 11) is 1.60. The smallest absolute Gasteiger partial charge is 0.256 e. The number of methoxy groups -OCH3 is 1. The number of anilines is 1. The fourth-order valence-electron chi connectivity index (χ4n) is 2.57. The van der Waals surface area contributed by atoms with E-state index >= 15 is 0 Å². The average Bonchev–Trinajstić information content (AvgIpc) is 2.84. The number of ether oxygens (including phenoxy) is 2. The molecule has 0 aromatic heterocycles. The van der Waals surface area contributed by atoms with Crippen molar-refractivity contribution in [2.75, 3.05) is 19.0 Å². The summed E-state index contributed by atoms with van der Waals surface area (Å²) in [5.74, 6) is 1.20. The molecule has 1 aliphatic heterocycles. The summed E-state index contributed by atoms with van der Waals surface area (Å²) >= 11 is 0. The summed E-state index contributed by atoms with van der Waals surface area (Å²) in [6.07, 6.45) is 1.84. The van der Waals surface area contributed by atoms with Crippen molar-refractivity contribution in [3.63, 3.8) is 0 Å². The first-order chi connectivity index (χ1) is 10.7. The molecule has 0 spiro atoms. The zero-order valence-electron chi connectivity index (χ0n) is 12.6. The Morgan fingerprint density at radius 1 is 1.14 bits per heavy atom. The summed E-state index contributed by atoms with van der Waals surface area (Å²) in [6, 6.07) is 13.3. The number of fused-ring (bicyclic) bond motifs is 1. The van der Waals surface area contributed by atoms with Crippen LogP contribution in [0.25, 0.3) is 11.6 Å². The molecule has 2 aromatic rings. The topological polar surface area (TPSA) is 47.6 Å². The normalized spacial score (nSPS) is 14.6. The van der Waals surface area contributed by atoms with Crippen molar-refractivity contribution in [2.24, 2.45) is 0 Å². The number of para-hydroxylation sites is 2. The van der Waals surface area contributed by atoms with Gasteiger partial charge in [-0.25, -0.2) is 0 Å². The van der Waals surface area contributed by atoms with Gasteiger partial charge in [0, 0.05) is 22.4 Å². The van der Waals surface area contributed by atoms with Crippen LogP contribution in [0.5, 0.6) is 11.5 Å². The summed E-state index contributed by atoms with van der Waals surface area (Å²) in [4.78, 5) is 12.2. The Kier molecular flexibility index (Phi) is 3.83. The Balaban J connectivity index is 2.09. The van der Waals surface area contributed by atoms with E-state index in [0.717, 1.165) is 16.8 Å². The van der Waals surface area contributed by atoms with Crippen molar-refractivity contribution < 1.29 is 14.3 Å². The number of carbonyl (C=O) groups is 1. The van der Waals surface area contributed by atoms with Gasteiger partial charge in [-0.1, -0.05) is 30.3 Å². The molecular formula is C18H17NO3. The first kappa shape index (κ1) is 14.2. The molecule has 0 bridgehead atoms. The molecule has 0 fully saturated rings. The van der Waals surface area contributed by atoms with E-state index in [1.54, 1.807) is 7.11 Å². The molecular weight excluding hydrogens is 278 g/mol. The van der Waals surface area contributed by atoms with E-state index in [1.807, 2.05) is 55.5 Å². The van der Waals surface area contributed by atoms with Crippen molar-refractivity contribution in [3.8, 4) is 11.5 Å². The molecule has 0 aliphatic carbocycles. The molecule has 4 nitrogen and oxygen atoms in total. The van der Waals surface area contributed by atoms with Crippen LogP contribution in [0.4, 0.5) is 5.69 Å². The van der Waals surface area contributed by atoms with Crippen LogP contribution in [0.2, 0.25) is 0 Å². The highest BCUT2D eigenvalue weighted by molar-refractivity contribution is 6.35. The maximum atomic E-state index is 12.2. The van der Waals surface area contributed by atoms with Crippen molar-refractivity contribution in [2.45, 2.75) is 6.92 Å². The largest absolute Gasteiger partial charge is 0.492 e. The molecule has 1 N–H and O–H groups in total. The van der Waals surface area contributed by atoms with Crippen molar-refractivity contribution >= 4 is 23.2 Å². The highest BCUT2D eigenvalue weighted by Crippen LogP contribution is 2.37. The van der Waals surface area contributed by atoms with E-state index in [0.29, 0.717) is 23.7 Å². The molecule has 4 heteroatoms. The molecule has 0 saturated heterocycles. The number of rotatable bonds is 4. The average molecular weight is 295 g/mol. The maximum Gasteiger partial charge on any atom is 0.256 e. The lowest BCUT2D eigenvalue weighted by atomic mass is 10.0. The molecule has 1 amide bonds. The Hall–Kier alpha value is -2.75. The van der Waals surface area contributed by atoms with Crippen LogP contribution in [0, 0.1) is 0 Å². The fraction of sp³-hybridized carbons (Fsp3) is 0.167. The third-order valence-corrected chi connectivity index (χ3v) is 3.52. The van der Waals surface area contributed by atoms with Crippen LogP contribution in [0.15, 0.2) is 42.5 Å². The zero-order valence-corrected chi connectivity index (χ0v) is 12.6. The Morgan fingerprint density at radius 2 is 1.95 bits per heavy atom. The van der Waals surface area contributed by atoms with Gasteiger partial charge < -0.3 is 14.8 Å². The van der Waals surface area contributed by atoms with E-state index in [-0.39, 0.29) is 5.91 Å². The molecule has 3 rings (SSSR count). The molecule has 1 aliphatic rings. The molecule has 0 unspecified atom stereocenters. The van der Waals surface area contributed by atoms with Gasteiger partial charge in [0.15, 0.2) is 11.5 Å². The van der Waals surface area contributed by atoms with E-state index in [9.17, 15) is 4.79 Å². The van der Waals surface area contributed by atoms with Gasteiger partial charge in [0.25, 0.3) is 5.91 Å². The van der Waals surface area contributed by atoms with Crippen molar-refractivity contribution in [3.05, 3.63) is 53.6 Å². The van der Waals surface area contributed by atoms with Crippen molar-refractivity contribution in [1.29, 1.82) is 0 Å². The second-order valence-electron chi connectivity index (χ2n) is 4.87. The number of nitrogens with one attached hydrogen (secondary N) is 1. The van der Waals surface area contributed by atoms with E-state index in [2.05, 4.69) is 5.32 Å².